The molecule has 7 nitrogen and oxygen atoms in total. The van der Waals surface area contributed by atoms with E-state index in [-0.39, 0.29) is 11.6 Å². The molecule has 3 amide bonds. The van der Waals surface area contributed by atoms with Gasteiger partial charge in [-0.15, -0.1) is 11.8 Å². The van der Waals surface area contributed by atoms with Crippen molar-refractivity contribution >= 4 is 46.9 Å². The lowest BCUT2D eigenvalue weighted by Crippen LogP contribution is -2.30. The van der Waals surface area contributed by atoms with Gasteiger partial charge in [0.05, 0.1) is 6.61 Å². The van der Waals surface area contributed by atoms with Crippen molar-refractivity contribution in [3.63, 3.8) is 0 Å². The number of thioether (sulfide) groups is 1. The minimum atomic E-state index is -0.557. The number of benzene rings is 5. The lowest BCUT2D eigenvalue weighted by molar-refractivity contribution is -0.116. The van der Waals surface area contributed by atoms with Gasteiger partial charge < -0.3 is 20.7 Å². The minimum absolute atomic E-state index is 0.0704. The third kappa shape index (κ3) is 9.24. The number of amides is 3. The molecule has 242 valence electrons. The van der Waals surface area contributed by atoms with Gasteiger partial charge in [0.2, 0.25) is 5.91 Å². The van der Waals surface area contributed by atoms with Crippen molar-refractivity contribution in [1.82, 2.24) is 5.32 Å². The molecule has 48 heavy (non-hydrogen) atoms. The Morgan fingerprint density at radius 1 is 0.771 bits per heavy atom. The molecule has 5 rings (SSSR count). The van der Waals surface area contributed by atoms with Crippen LogP contribution in [0.4, 0.5) is 11.4 Å². The Labute approximate surface area is 285 Å². The summed E-state index contributed by atoms with van der Waals surface area (Å²) < 4.78 is 5.54. The van der Waals surface area contributed by atoms with Crippen LogP contribution in [-0.4, -0.2) is 24.3 Å². The van der Waals surface area contributed by atoms with Crippen molar-refractivity contribution < 1.29 is 19.1 Å². The zero-order valence-corrected chi connectivity index (χ0v) is 27.8. The van der Waals surface area contributed by atoms with Gasteiger partial charge in [0.25, 0.3) is 11.8 Å². The van der Waals surface area contributed by atoms with Crippen LogP contribution in [0, 0.1) is 13.8 Å². The van der Waals surface area contributed by atoms with Crippen molar-refractivity contribution in [1.29, 1.82) is 0 Å². The third-order valence-corrected chi connectivity index (χ3v) is 8.61. The molecule has 3 N–H and O–H groups in total. The summed E-state index contributed by atoms with van der Waals surface area (Å²) in [5.41, 5.74) is 5.43. The van der Waals surface area contributed by atoms with Gasteiger partial charge in [-0.2, -0.15) is 0 Å². The fraction of sp³-hybridized carbons (Fsp3) is 0.125. The first kappa shape index (κ1) is 33.8. The number of anilines is 2. The molecule has 0 aliphatic heterocycles. The normalized spacial score (nSPS) is 11.7. The second kappa shape index (κ2) is 16.3. The molecule has 0 spiro atoms. The highest BCUT2D eigenvalue weighted by molar-refractivity contribution is 8.00. The number of carbonyl (C=O) groups excluding carboxylic acids is 3. The number of carbonyl (C=O) groups is 3. The first-order chi connectivity index (χ1) is 23.3. The summed E-state index contributed by atoms with van der Waals surface area (Å²) >= 11 is 1.38. The third-order valence-electron chi connectivity index (χ3n) is 7.36. The van der Waals surface area contributed by atoms with Crippen LogP contribution in [-0.2, 0) is 9.59 Å². The van der Waals surface area contributed by atoms with Crippen LogP contribution in [0.2, 0.25) is 0 Å². The highest BCUT2D eigenvalue weighted by Crippen LogP contribution is 2.37. The Morgan fingerprint density at radius 2 is 1.48 bits per heavy atom. The molecule has 1 unspecified atom stereocenters. The van der Waals surface area contributed by atoms with Gasteiger partial charge in [-0.3, -0.25) is 14.4 Å². The summed E-state index contributed by atoms with van der Waals surface area (Å²) in [6.07, 6.45) is 1.62. The Kier molecular flexibility index (Phi) is 11.5. The maximum absolute atomic E-state index is 13.7. The van der Waals surface area contributed by atoms with Crippen LogP contribution in [0.25, 0.3) is 6.08 Å². The predicted octanol–water partition coefficient (Wildman–Crippen LogP) is 8.58. The number of aryl methyl sites for hydroxylation is 2. The molecule has 1 atom stereocenters. The van der Waals surface area contributed by atoms with Crippen LogP contribution in [0.5, 0.6) is 5.75 Å². The second-order valence-corrected chi connectivity index (χ2v) is 12.3. The van der Waals surface area contributed by atoms with E-state index in [9.17, 15) is 14.4 Å². The van der Waals surface area contributed by atoms with E-state index in [1.807, 2.05) is 118 Å². The first-order valence-corrected chi connectivity index (χ1v) is 16.5. The number of rotatable bonds is 12. The maximum Gasteiger partial charge on any atom is 0.272 e. The summed E-state index contributed by atoms with van der Waals surface area (Å²) in [5.74, 6) is -0.355. The first-order valence-electron chi connectivity index (χ1n) is 15.6. The Balaban J connectivity index is 1.38. The van der Waals surface area contributed by atoms with Crippen molar-refractivity contribution in [2.45, 2.75) is 30.9 Å². The molecule has 0 fully saturated rings. The van der Waals surface area contributed by atoms with E-state index in [1.54, 1.807) is 36.4 Å². The number of ether oxygens (including phenoxy) is 1. The lowest BCUT2D eigenvalue weighted by atomic mass is 10.1. The summed E-state index contributed by atoms with van der Waals surface area (Å²) in [6, 6.07) is 38.8. The molecule has 0 bridgehead atoms. The summed E-state index contributed by atoms with van der Waals surface area (Å²) in [5, 5.41) is 8.24. The number of hydrogen-bond acceptors (Lipinski definition) is 5. The second-order valence-electron chi connectivity index (χ2n) is 11.1. The van der Waals surface area contributed by atoms with Gasteiger partial charge >= 0.3 is 0 Å². The monoisotopic (exact) mass is 655 g/mol. The van der Waals surface area contributed by atoms with Crippen LogP contribution < -0.4 is 20.7 Å². The number of nitrogens with one attached hydrogen (secondary N) is 3. The van der Waals surface area contributed by atoms with Gasteiger partial charge in [-0.1, -0.05) is 84.4 Å². The standard InChI is InChI=1S/C40H37N3O4S/c1-4-47-33-21-19-29(20-22-33)25-36(43-38(44)31-14-9-6-10-15-31)39(45)41-32-16-11-17-34(26-32)48-37(30-12-7-5-8-13-30)40(46)42-35-23-18-27(2)24-28(35)3/h5-26,37H,4H2,1-3H3,(H,41,45)(H,42,46)(H,43,44)/b36-25+. The molecule has 0 heterocycles. The quantitative estimate of drug-likeness (QED) is 0.0924. The Morgan fingerprint density at radius 3 is 2.17 bits per heavy atom. The van der Waals surface area contributed by atoms with E-state index in [0.29, 0.717) is 29.2 Å². The van der Waals surface area contributed by atoms with E-state index < -0.39 is 17.1 Å². The van der Waals surface area contributed by atoms with Gasteiger partial charge in [0, 0.05) is 21.8 Å². The summed E-state index contributed by atoms with van der Waals surface area (Å²) in [7, 11) is 0. The largest absolute Gasteiger partial charge is 0.494 e. The SMILES string of the molecule is CCOc1ccc(/C=C(/NC(=O)c2ccccc2)C(=O)Nc2cccc(SC(C(=O)Nc3ccc(C)cc3C)c3ccccc3)c2)cc1. The minimum Gasteiger partial charge on any atom is -0.494 e. The van der Waals surface area contributed by atoms with Crippen molar-refractivity contribution in [3.05, 3.63) is 161 Å². The van der Waals surface area contributed by atoms with Gasteiger partial charge in [-0.25, -0.2) is 0 Å². The Bertz CT molecular complexity index is 1910. The maximum atomic E-state index is 13.7. The highest BCUT2D eigenvalue weighted by Gasteiger charge is 2.23. The molecule has 0 aromatic heterocycles. The van der Waals surface area contributed by atoms with Crippen molar-refractivity contribution in [2.75, 3.05) is 17.2 Å². The summed E-state index contributed by atoms with van der Waals surface area (Å²) in [6.45, 7) is 6.44. The topological polar surface area (TPSA) is 96.5 Å². The summed E-state index contributed by atoms with van der Waals surface area (Å²) in [4.78, 5) is 41.3. The fourth-order valence-electron chi connectivity index (χ4n) is 4.97. The van der Waals surface area contributed by atoms with E-state index in [2.05, 4.69) is 16.0 Å². The highest BCUT2D eigenvalue weighted by atomic mass is 32.2. The van der Waals surface area contributed by atoms with E-state index in [1.165, 1.54) is 11.8 Å². The zero-order chi connectivity index (χ0) is 33.9. The molecule has 0 aliphatic rings. The van der Waals surface area contributed by atoms with Crippen molar-refractivity contribution in [3.8, 4) is 5.75 Å². The zero-order valence-electron chi connectivity index (χ0n) is 27.0. The van der Waals surface area contributed by atoms with E-state index >= 15 is 0 Å². The predicted molar refractivity (Wildman–Crippen MR) is 194 cm³/mol. The van der Waals surface area contributed by atoms with Gasteiger partial charge in [0.15, 0.2) is 0 Å². The van der Waals surface area contributed by atoms with Crippen LogP contribution in [0.15, 0.2) is 138 Å². The van der Waals surface area contributed by atoms with E-state index in [0.717, 1.165) is 27.3 Å². The molecular formula is C40H37N3O4S. The lowest BCUT2D eigenvalue weighted by Gasteiger charge is -2.19. The van der Waals surface area contributed by atoms with Gasteiger partial charge in [0.1, 0.15) is 16.7 Å². The Hall–Kier alpha value is -5.60. The average Bonchev–Trinajstić information content (AvgIpc) is 3.10. The van der Waals surface area contributed by atoms with Gasteiger partial charge in [-0.05, 0) is 92.1 Å². The smallest absolute Gasteiger partial charge is 0.272 e. The van der Waals surface area contributed by atoms with E-state index in [4.69, 9.17) is 4.74 Å². The van der Waals surface area contributed by atoms with Crippen LogP contribution >= 0.6 is 11.8 Å². The molecule has 0 saturated heterocycles. The molecule has 5 aromatic rings. The number of hydrogen-bond donors (Lipinski definition) is 3. The molecule has 8 heteroatoms. The molecular weight excluding hydrogens is 619 g/mol. The van der Waals surface area contributed by atoms with Crippen LogP contribution in [0.3, 0.4) is 0 Å². The molecule has 0 radical (unpaired) electrons. The average molecular weight is 656 g/mol. The molecule has 0 saturated carbocycles. The molecule has 0 aliphatic carbocycles. The molecule has 5 aromatic carbocycles. The van der Waals surface area contributed by atoms with Crippen molar-refractivity contribution in [2.24, 2.45) is 0 Å². The fourth-order valence-corrected chi connectivity index (χ4v) is 6.05. The van der Waals surface area contributed by atoms with Crippen LogP contribution in [0.1, 0.15) is 44.8 Å².